The number of ether oxygens (including phenoxy) is 1. The first-order valence-corrected chi connectivity index (χ1v) is 5.58. The molecule has 0 unspecified atom stereocenters. The predicted molar refractivity (Wildman–Crippen MR) is 66.8 cm³/mol. The Morgan fingerprint density at radius 3 is 2.82 bits per heavy atom. The minimum Gasteiger partial charge on any atom is -0.508 e. The molecule has 0 aliphatic heterocycles. The van der Waals surface area contributed by atoms with Crippen LogP contribution in [0.4, 0.5) is 5.69 Å². The minimum atomic E-state index is 0.0414. The summed E-state index contributed by atoms with van der Waals surface area (Å²) in [5.41, 5.74) is 7.10. The van der Waals surface area contributed by atoms with E-state index in [4.69, 9.17) is 15.6 Å². The van der Waals surface area contributed by atoms with E-state index in [1.165, 1.54) is 0 Å². The maximum atomic E-state index is 9.65. The Morgan fingerprint density at radius 2 is 2.12 bits per heavy atom. The molecule has 0 atom stereocenters. The number of anilines is 1. The van der Waals surface area contributed by atoms with Crippen molar-refractivity contribution < 1.29 is 14.9 Å². The van der Waals surface area contributed by atoms with Crippen molar-refractivity contribution in [3.63, 3.8) is 0 Å². The molecule has 0 aliphatic rings. The van der Waals surface area contributed by atoms with Gasteiger partial charge in [-0.25, -0.2) is 0 Å². The third-order valence-corrected chi connectivity index (χ3v) is 2.40. The van der Waals surface area contributed by atoms with Gasteiger partial charge in [-0.2, -0.15) is 0 Å². The van der Waals surface area contributed by atoms with Gasteiger partial charge in [0, 0.05) is 24.3 Å². The zero-order valence-corrected chi connectivity index (χ0v) is 10.1. The number of aromatic hydroxyl groups is 1. The van der Waals surface area contributed by atoms with E-state index < -0.39 is 0 Å². The van der Waals surface area contributed by atoms with E-state index in [0.717, 1.165) is 12.1 Å². The van der Waals surface area contributed by atoms with E-state index >= 15 is 0 Å². The molecule has 0 aliphatic carbocycles. The lowest BCUT2D eigenvalue weighted by atomic mass is 10.1. The van der Waals surface area contributed by atoms with Gasteiger partial charge in [0.1, 0.15) is 5.75 Å². The summed E-state index contributed by atoms with van der Waals surface area (Å²) in [6.07, 6.45) is 0. The molecule has 0 amide bonds. The highest BCUT2D eigenvalue weighted by Gasteiger charge is 2.05. The topological polar surface area (TPSA) is 79.0 Å². The van der Waals surface area contributed by atoms with Gasteiger partial charge < -0.3 is 20.7 Å². The second kappa shape index (κ2) is 7.11. The van der Waals surface area contributed by atoms with Crippen LogP contribution in [0.15, 0.2) is 18.2 Å². The molecule has 96 valence electrons. The van der Waals surface area contributed by atoms with Crippen molar-refractivity contribution in [2.45, 2.75) is 6.54 Å². The van der Waals surface area contributed by atoms with Gasteiger partial charge in [-0.05, 0) is 25.2 Å². The Bertz CT molecular complexity index is 345. The highest BCUT2D eigenvalue weighted by molar-refractivity contribution is 5.47. The number of nitrogens with two attached hydrogens (primary N) is 1. The fraction of sp³-hybridized carbons (Fsp3) is 0.500. The number of rotatable bonds is 7. The molecule has 5 nitrogen and oxygen atoms in total. The summed E-state index contributed by atoms with van der Waals surface area (Å²) in [5, 5.41) is 18.2. The van der Waals surface area contributed by atoms with Crippen molar-refractivity contribution in [3.05, 3.63) is 23.8 Å². The molecule has 1 aromatic rings. The highest BCUT2D eigenvalue weighted by Crippen LogP contribution is 2.20. The first-order valence-electron chi connectivity index (χ1n) is 5.58. The maximum Gasteiger partial charge on any atom is 0.120 e. The van der Waals surface area contributed by atoms with Crippen LogP contribution < -0.4 is 5.73 Å². The number of hydrogen-bond donors (Lipinski definition) is 3. The van der Waals surface area contributed by atoms with Crippen LogP contribution >= 0.6 is 0 Å². The first-order chi connectivity index (χ1) is 8.13. The van der Waals surface area contributed by atoms with Crippen LogP contribution in [0.25, 0.3) is 0 Å². The fourth-order valence-corrected chi connectivity index (χ4v) is 1.49. The zero-order chi connectivity index (χ0) is 12.7. The van der Waals surface area contributed by atoms with Crippen LogP contribution in [0.1, 0.15) is 5.56 Å². The Balaban J connectivity index is 2.39. The molecule has 0 heterocycles. The lowest BCUT2D eigenvalue weighted by Crippen LogP contribution is -2.23. The van der Waals surface area contributed by atoms with Gasteiger partial charge in [-0.1, -0.05) is 0 Å². The maximum absolute atomic E-state index is 9.65. The van der Waals surface area contributed by atoms with E-state index in [0.29, 0.717) is 25.4 Å². The van der Waals surface area contributed by atoms with Gasteiger partial charge in [0.15, 0.2) is 0 Å². The zero-order valence-electron chi connectivity index (χ0n) is 10.1. The molecule has 4 N–H and O–H groups in total. The monoisotopic (exact) mass is 240 g/mol. The predicted octanol–water partition coefficient (Wildman–Crippen LogP) is 0.415. The summed E-state index contributed by atoms with van der Waals surface area (Å²) >= 11 is 0. The molecule has 0 saturated heterocycles. The normalized spacial score (nSPS) is 11.0. The molecular formula is C12H20N2O3. The number of phenolic OH excluding ortho intramolecular Hbond substituents is 1. The van der Waals surface area contributed by atoms with Crippen LogP contribution in [0.5, 0.6) is 5.75 Å². The third kappa shape index (κ3) is 5.04. The number of hydrogen-bond acceptors (Lipinski definition) is 5. The van der Waals surface area contributed by atoms with Crippen molar-refractivity contribution in [2.75, 3.05) is 39.1 Å². The summed E-state index contributed by atoms with van der Waals surface area (Å²) in [4.78, 5) is 2.02. The molecule has 0 saturated carbocycles. The smallest absolute Gasteiger partial charge is 0.120 e. The lowest BCUT2D eigenvalue weighted by Gasteiger charge is -2.17. The van der Waals surface area contributed by atoms with Gasteiger partial charge in [0.05, 0.1) is 19.8 Å². The van der Waals surface area contributed by atoms with Crippen molar-refractivity contribution in [1.29, 1.82) is 0 Å². The fourth-order valence-electron chi connectivity index (χ4n) is 1.49. The van der Waals surface area contributed by atoms with E-state index in [1.807, 2.05) is 11.9 Å². The summed E-state index contributed by atoms with van der Waals surface area (Å²) in [7, 11) is 1.94. The van der Waals surface area contributed by atoms with Gasteiger partial charge in [0.25, 0.3) is 0 Å². The molecule has 1 aromatic carbocycles. The second-order valence-electron chi connectivity index (χ2n) is 3.96. The van der Waals surface area contributed by atoms with Gasteiger partial charge in [-0.3, -0.25) is 4.90 Å². The molecule has 1 rings (SSSR count). The summed E-state index contributed by atoms with van der Waals surface area (Å²) in [5.74, 6) is 0.252. The largest absolute Gasteiger partial charge is 0.508 e. The number of aliphatic hydroxyl groups is 1. The molecule has 0 aromatic heterocycles. The summed E-state index contributed by atoms with van der Waals surface area (Å²) < 4.78 is 5.17. The number of nitrogen functional groups attached to an aromatic ring is 1. The first kappa shape index (κ1) is 13.8. The quantitative estimate of drug-likeness (QED) is 0.365. The van der Waals surface area contributed by atoms with Crippen molar-refractivity contribution >= 4 is 5.69 Å². The Hall–Kier alpha value is -1.30. The SMILES string of the molecule is CN(CCOCCO)Cc1cc(N)ccc1O. The number of phenols is 1. The average Bonchev–Trinajstić information content (AvgIpc) is 2.29. The van der Waals surface area contributed by atoms with Crippen LogP contribution in [0.3, 0.4) is 0 Å². The summed E-state index contributed by atoms with van der Waals surface area (Å²) in [6, 6.07) is 5.03. The van der Waals surface area contributed by atoms with Crippen molar-refractivity contribution in [1.82, 2.24) is 4.90 Å². The molecular weight excluding hydrogens is 220 g/mol. The Labute approximate surface area is 101 Å². The molecule has 5 heteroatoms. The van der Waals surface area contributed by atoms with Crippen LogP contribution in [-0.4, -0.2) is 48.5 Å². The molecule has 17 heavy (non-hydrogen) atoms. The van der Waals surface area contributed by atoms with Crippen molar-refractivity contribution in [3.8, 4) is 5.75 Å². The van der Waals surface area contributed by atoms with E-state index in [2.05, 4.69) is 0 Å². The molecule has 0 spiro atoms. The molecule has 0 fully saturated rings. The Morgan fingerprint density at radius 1 is 1.35 bits per heavy atom. The number of nitrogens with zero attached hydrogens (tertiary/aromatic N) is 1. The lowest BCUT2D eigenvalue weighted by molar-refractivity contribution is 0.0772. The van der Waals surface area contributed by atoms with Gasteiger partial charge in [0.2, 0.25) is 0 Å². The van der Waals surface area contributed by atoms with Crippen LogP contribution in [-0.2, 0) is 11.3 Å². The standard InChI is InChI=1S/C12H20N2O3/c1-14(4-6-17-7-5-15)9-10-8-11(13)2-3-12(10)16/h2-3,8,15-16H,4-7,9,13H2,1H3. The van der Waals surface area contributed by atoms with Crippen LogP contribution in [0.2, 0.25) is 0 Å². The number of aliphatic hydroxyl groups excluding tert-OH is 1. The Kier molecular flexibility index (Phi) is 5.76. The number of benzene rings is 1. The van der Waals surface area contributed by atoms with E-state index in [1.54, 1.807) is 18.2 Å². The average molecular weight is 240 g/mol. The minimum absolute atomic E-state index is 0.0414. The number of likely N-dealkylation sites (N-methyl/N-ethyl adjacent to an activating group) is 1. The molecule has 0 radical (unpaired) electrons. The highest BCUT2D eigenvalue weighted by atomic mass is 16.5. The molecule has 0 bridgehead atoms. The second-order valence-corrected chi connectivity index (χ2v) is 3.96. The third-order valence-electron chi connectivity index (χ3n) is 2.40. The van der Waals surface area contributed by atoms with Crippen molar-refractivity contribution in [2.24, 2.45) is 0 Å². The van der Waals surface area contributed by atoms with Gasteiger partial charge >= 0.3 is 0 Å². The van der Waals surface area contributed by atoms with Crippen LogP contribution in [0, 0.1) is 0 Å². The van der Waals surface area contributed by atoms with Gasteiger partial charge in [-0.15, -0.1) is 0 Å². The summed E-state index contributed by atoms with van der Waals surface area (Å²) in [6.45, 7) is 2.30. The van der Waals surface area contributed by atoms with E-state index in [9.17, 15) is 5.11 Å². The van der Waals surface area contributed by atoms with E-state index in [-0.39, 0.29) is 12.4 Å².